The molecule has 8 nitrogen and oxygen atoms in total. The van der Waals surface area contributed by atoms with Crippen molar-refractivity contribution in [3.8, 4) is 11.6 Å². The second kappa shape index (κ2) is 5.41. The van der Waals surface area contributed by atoms with Crippen LogP contribution in [0.4, 0.5) is 0 Å². The maximum absolute atomic E-state index is 12.4. The van der Waals surface area contributed by atoms with E-state index in [1.807, 2.05) is 36.6 Å². The second-order valence-electron chi connectivity index (χ2n) is 6.93. The number of likely N-dealkylation sites (tertiary alicyclic amines) is 1. The van der Waals surface area contributed by atoms with E-state index in [9.17, 15) is 4.79 Å². The molecule has 2 fully saturated rings. The Hall–Kier alpha value is -2.22. The summed E-state index contributed by atoms with van der Waals surface area (Å²) in [4.78, 5) is 18.5. The lowest BCUT2D eigenvalue weighted by molar-refractivity contribution is -0.141. The predicted octanol–water partition coefficient (Wildman–Crippen LogP) is 0.995. The first-order chi connectivity index (χ1) is 11.5. The van der Waals surface area contributed by atoms with Gasteiger partial charge in [0.2, 0.25) is 11.8 Å². The zero-order valence-corrected chi connectivity index (χ0v) is 14.1. The summed E-state index contributed by atoms with van der Waals surface area (Å²) in [5.41, 5.74) is 0.371. The predicted molar refractivity (Wildman–Crippen MR) is 84.0 cm³/mol. The van der Waals surface area contributed by atoms with Crippen molar-refractivity contribution in [3.05, 3.63) is 18.4 Å². The molecule has 0 N–H and O–H groups in total. The van der Waals surface area contributed by atoms with Gasteiger partial charge in [-0.15, -0.1) is 10.2 Å². The Morgan fingerprint density at radius 2 is 2.25 bits per heavy atom. The first-order valence-electron chi connectivity index (χ1n) is 8.23. The number of aryl methyl sites for hydroxylation is 1. The fraction of sp³-hybridized carbons (Fsp3) is 0.625. The van der Waals surface area contributed by atoms with Crippen molar-refractivity contribution in [2.24, 2.45) is 13.0 Å². The molecule has 1 saturated heterocycles. The molecule has 4 rings (SSSR count). The molecule has 0 aromatic carbocycles. The third kappa shape index (κ3) is 2.50. The van der Waals surface area contributed by atoms with Crippen molar-refractivity contribution in [2.75, 3.05) is 19.7 Å². The van der Waals surface area contributed by atoms with E-state index in [0.29, 0.717) is 37.2 Å². The van der Waals surface area contributed by atoms with E-state index >= 15 is 0 Å². The van der Waals surface area contributed by atoms with Crippen LogP contribution in [-0.4, -0.2) is 56.4 Å². The Kier molecular flexibility index (Phi) is 3.45. The van der Waals surface area contributed by atoms with Gasteiger partial charge in [-0.3, -0.25) is 4.79 Å². The Balaban J connectivity index is 1.40. The third-order valence-electron chi connectivity index (χ3n) is 4.69. The van der Waals surface area contributed by atoms with Crippen LogP contribution in [0.25, 0.3) is 11.6 Å². The lowest BCUT2D eigenvalue weighted by atomic mass is 9.81. The molecule has 0 spiro atoms. The maximum atomic E-state index is 12.4. The summed E-state index contributed by atoms with van der Waals surface area (Å²) in [6, 6.07) is 0. The molecule has 8 heteroatoms. The number of carbonyl (C=O) groups is 1. The van der Waals surface area contributed by atoms with Crippen molar-refractivity contribution >= 4 is 5.91 Å². The van der Waals surface area contributed by atoms with E-state index in [4.69, 9.17) is 9.15 Å². The maximum Gasteiger partial charge on any atom is 0.267 e. The number of amides is 1. The number of hydrogen-bond donors (Lipinski definition) is 0. The van der Waals surface area contributed by atoms with E-state index in [0.717, 1.165) is 6.42 Å². The molecular weight excluding hydrogens is 310 g/mol. The average Bonchev–Trinajstić information content (AvgIpc) is 2.94. The van der Waals surface area contributed by atoms with Crippen molar-refractivity contribution in [3.63, 3.8) is 0 Å². The van der Waals surface area contributed by atoms with Crippen LogP contribution in [0.3, 0.4) is 0 Å². The summed E-state index contributed by atoms with van der Waals surface area (Å²) in [5.74, 6) is 1.18. The molecule has 1 amide bonds. The van der Waals surface area contributed by atoms with Crippen molar-refractivity contribution in [1.29, 1.82) is 0 Å². The number of nitrogens with zero attached hydrogens (tertiary/aromatic N) is 5. The van der Waals surface area contributed by atoms with Gasteiger partial charge in [0.15, 0.2) is 0 Å². The largest absolute Gasteiger partial charge is 0.418 e. The van der Waals surface area contributed by atoms with Crippen LogP contribution in [0.15, 0.2) is 16.9 Å². The van der Waals surface area contributed by atoms with Crippen molar-refractivity contribution in [1.82, 2.24) is 24.6 Å². The summed E-state index contributed by atoms with van der Waals surface area (Å²) in [6.45, 7) is 5.86. The van der Waals surface area contributed by atoms with Gasteiger partial charge in [-0.2, -0.15) is 0 Å². The molecule has 2 aromatic heterocycles. The zero-order valence-electron chi connectivity index (χ0n) is 14.1. The fourth-order valence-corrected chi connectivity index (χ4v) is 3.25. The molecule has 2 aliphatic rings. The van der Waals surface area contributed by atoms with Crippen molar-refractivity contribution < 1.29 is 13.9 Å². The molecule has 24 heavy (non-hydrogen) atoms. The molecule has 2 atom stereocenters. The van der Waals surface area contributed by atoms with Crippen LogP contribution in [-0.2, 0) is 22.0 Å². The minimum atomic E-state index is -0.286. The lowest BCUT2D eigenvalue weighted by Crippen LogP contribution is -2.60. The number of imidazole rings is 1. The first-order valence-corrected chi connectivity index (χ1v) is 8.23. The molecule has 2 aromatic rings. The molecule has 2 unspecified atom stereocenters. The van der Waals surface area contributed by atoms with Gasteiger partial charge in [-0.1, -0.05) is 0 Å². The third-order valence-corrected chi connectivity index (χ3v) is 4.69. The summed E-state index contributed by atoms with van der Waals surface area (Å²) in [7, 11) is 1.89. The Morgan fingerprint density at radius 1 is 1.46 bits per heavy atom. The summed E-state index contributed by atoms with van der Waals surface area (Å²) < 4.78 is 13.1. The molecule has 3 heterocycles. The highest BCUT2D eigenvalue weighted by Gasteiger charge is 2.53. The average molecular weight is 331 g/mol. The number of rotatable bonds is 5. The van der Waals surface area contributed by atoms with Gasteiger partial charge in [0, 0.05) is 32.9 Å². The van der Waals surface area contributed by atoms with Crippen LogP contribution in [0.1, 0.15) is 26.2 Å². The Bertz CT molecular complexity index is 761. The minimum absolute atomic E-state index is 0.0289. The highest BCUT2D eigenvalue weighted by molar-refractivity contribution is 5.83. The van der Waals surface area contributed by atoms with E-state index in [1.165, 1.54) is 0 Å². The van der Waals surface area contributed by atoms with Crippen LogP contribution in [0, 0.1) is 5.92 Å². The summed E-state index contributed by atoms with van der Waals surface area (Å²) in [6.07, 6.45) is 4.46. The molecule has 128 valence electrons. The van der Waals surface area contributed by atoms with Gasteiger partial charge in [-0.25, -0.2) is 4.98 Å². The summed E-state index contributed by atoms with van der Waals surface area (Å²) in [5, 5.41) is 8.25. The number of aromatic nitrogens is 4. The van der Waals surface area contributed by atoms with Gasteiger partial charge in [0.1, 0.15) is 5.69 Å². The number of hydrogen-bond acceptors (Lipinski definition) is 6. The van der Waals surface area contributed by atoms with Crippen LogP contribution < -0.4 is 0 Å². The number of carbonyl (C=O) groups excluding carboxylic acids is 1. The van der Waals surface area contributed by atoms with Crippen LogP contribution in [0.5, 0.6) is 0 Å². The molecular formula is C16H21N5O3. The second-order valence-corrected chi connectivity index (χ2v) is 6.93. The Labute approximate surface area is 139 Å². The standard InChI is InChI=1S/C16H21N5O3/c1-4-23-12-5-10(12)14(22)21-7-16(2,8-21)15-19-18-13(24-15)11-6-20(3)9-17-11/h6,9-10,12H,4-5,7-8H2,1-3H3. The minimum Gasteiger partial charge on any atom is -0.418 e. The van der Waals surface area contributed by atoms with E-state index < -0.39 is 0 Å². The zero-order chi connectivity index (χ0) is 16.9. The van der Waals surface area contributed by atoms with Gasteiger partial charge < -0.3 is 18.6 Å². The van der Waals surface area contributed by atoms with Crippen LogP contribution in [0.2, 0.25) is 0 Å². The smallest absolute Gasteiger partial charge is 0.267 e. The molecule has 1 saturated carbocycles. The highest BCUT2D eigenvalue weighted by atomic mass is 16.5. The van der Waals surface area contributed by atoms with E-state index in [2.05, 4.69) is 15.2 Å². The highest BCUT2D eigenvalue weighted by Crippen LogP contribution is 2.40. The molecule has 1 aliphatic heterocycles. The van der Waals surface area contributed by atoms with Gasteiger partial charge in [0.25, 0.3) is 5.89 Å². The van der Waals surface area contributed by atoms with Crippen molar-refractivity contribution in [2.45, 2.75) is 31.8 Å². The van der Waals surface area contributed by atoms with E-state index in [1.54, 1.807) is 6.33 Å². The van der Waals surface area contributed by atoms with Gasteiger partial charge in [-0.05, 0) is 20.3 Å². The SMILES string of the molecule is CCOC1CC1C(=O)N1CC(C)(c2nnc(-c3cn(C)cn3)o2)C1. The molecule has 0 radical (unpaired) electrons. The monoisotopic (exact) mass is 331 g/mol. The van der Waals surface area contributed by atoms with Gasteiger partial charge in [0.05, 0.1) is 23.8 Å². The summed E-state index contributed by atoms with van der Waals surface area (Å²) >= 11 is 0. The Morgan fingerprint density at radius 3 is 2.92 bits per heavy atom. The van der Waals surface area contributed by atoms with Gasteiger partial charge >= 0.3 is 0 Å². The van der Waals surface area contributed by atoms with Crippen LogP contribution >= 0.6 is 0 Å². The fourth-order valence-electron chi connectivity index (χ4n) is 3.25. The first kappa shape index (κ1) is 15.3. The topological polar surface area (TPSA) is 86.3 Å². The number of ether oxygens (including phenoxy) is 1. The molecule has 1 aliphatic carbocycles. The normalized spacial score (nSPS) is 24.7. The molecule has 0 bridgehead atoms. The van der Waals surface area contributed by atoms with E-state index in [-0.39, 0.29) is 23.3 Å². The lowest BCUT2D eigenvalue weighted by Gasteiger charge is -2.45. The quantitative estimate of drug-likeness (QED) is 0.812.